The summed E-state index contributed by atoms with van der Waals surface area (Å²) >= 11 is 3.36. The Hall–Kier alpha value is -1.74. The summed E-state index contributed by atoms with van der Waals surface area (Å²) < 4.78 is 32.7. The van der Waals surface area contributed by atoms with Gasteiger partial charge in [-0.25, -0.2) is 8.42 Å². The summed E-state index contributed by atoms with van der Waals surface area (Å²) in [5.41, 5.74) is 1.31. The molecule has 3 rings (SSSR count). The van der Waals surface area contributed by atoms with Gasteiger partial charge in [0.25, 0.3) is 0 Å². The monoisotopic (exact) mass is 438 g/mol. The summed E-state index contributed by atoms with van der Waals surface area (Å²) in [6, 6.07) is 13.6. The molecule has 26 heavy (non-hydrogen) atoms. The summed E-state index contributed by atoms with van der Waals surface area (Å²) in [6.07, 6.45) is 0. The summed E-state index contributed by atoms with van der Waals surface area (Å²) in [6.45, 7) is 1.63. The minimum absolute atomic E-state index is 0.108. The fourth-order valence-electron chi connectivity index (χ4n) is 2.60. The normalized spacial score (nSPS) is 15.6. The maximum atomic E-state index is 12.6. The number of sulfonamides is 1. The van der Waals surface area contributed by atoms with Crippen LogP contribution in [0.5, 0.6) is 0 Å². The third kappa shape index (κ3) is 4.50. The van der Waals surface area contributed by atoms with Gasteiger partial charge in [0.05, 0.1) is 24.7 Å². The van der Waals surface area contributed by atoms with Gasteiger partial charge in [-0.1, -0.05) is 15.9 Å². The molecule has 0 radical (unpaired) electrons. The lowest BCUT2D eigenvalue weighted by atomic mass is 10.1. The van der Waals surface area contributed by atoms with Gasteiger partial charge >= 0.3 is 0 Å². The largest absolute Gasteiger partial charge is 0.379 e. The van der Waals surface area contributed by atoms with E-state index in [2.05, 4.69) is 21.2 Å². The molecule has 2 aromatic carbocycles. The number of hydrogen-bond acceptors (Lipinski definition) is 5. The van der Waals surface area contributed by atoms with E-state index < -0.39 is 10.0 Å². The predicted molar refractivity (Wildman–Crippen MR) is 103 cm³/mol. The number of Topliss-reactive ketones (excluding diaryl/α,β-unsaturated/α-hetero) is 1. The van der Waals surface area contributed by atoms with Crippen molar-refractivity contribution in [2.75, 3.05) is 38.2 Å². The maximum Gasteiger partial charge on any atom is 0.243 e. The lowest BCUT2D eigenvalue weighted by Crippen LogP contribution is -2.40. The molecule has 1 aliphatic heterocycles. The second-order valence-electron chi connectivity index (χ2n) is 5.82. The van der Waals surface area contributed by atoms with Gasteiger partial charge < -0.3 is 10.1 Å². The number of rotatable bonds is 6. The van der Waals surface area contributed by atoms with E-state index in [1.165, 1.54) is 16.4 Å². The Morgan fingerprint density at radius 3 is 2.27 bits per heavy atom. The van der Waals surface area contributed by atoms with Crippen LogP contribution in [0, 0.1) is 0 Å². The molecule has 0 aromatic heterocycles. The molecule has 138 valence electrons. The smallest absolute Gasteiger partial charge is 0.243 e. The van der Waals surface area contributed by atoms with Crippen molar-refractivity contribution in [1.82, 2.24) is 4.31 Å². The van der Waals surface area contributed by atoms with Crippen molar-refractivity contribution in [1.29, 1.82) is 0 Å². The second-order valence-corrected chi connectivity index (χ2v) is 8.68. The van der Waals surface area contributed by atoms with Crippen LogP contribution < -0.4 is 5.32 Å². The third-order valence-corrected chi connectivity index (χ3v) is 6.52. The lowest BCUT2D eigenvalue weighted by Gasteiger charge is -2.26. The molecule has 0 amide bonds. The average Bonchev–Trinajstić information content (AvgIpc) is 2.68. The maximum absolute atomic E-state index is 12.6. The van der Waals surface area contributed by atoms with Crippen LogP contribution in [0.1, 0.15) is 10.4 Å². The molecular formula is C18H19BrN2O4S. The number of ether oxygens (including phenoxy) is 1. The van der Waals surface area contributed by atoms with Crippen LogP contribution in [-0.2, 0) is 14.8 Å². The standard InChI is InChI=1S/C18H19BrN2O4S/c19-15-3-5-16(6-4-15)20-13-18(22)14-1-7-17(8-2-14)26(23,24)21-9-11-25-12-10-21/h1-8,20H,9-13H2. The van der Waals surface area contributed by atoms with Crippen LogP contribution in [0.2, 0.25) is 0 Å². The van der Waals surface area contributed by atoms with Gasteiger partial charge in [0, 0.05) is 28.8 Å². The van der Waals surface area contributed by atoms with Crippen LogP contribution >= 0.6 is 15.9 Å². The number of nitrogens with zero attached hydrogens (tertiary/aromatic N) is 1. The Labute approximate surface area is 161 Å². The zero-order valence-corrected chi connectivity index (χ0v) is 16.4. The van der Waals surface area contributed by atoms with Crippen LogP contribution in [-0.4, -0.2) is 51.4 Å². The number of anilines is 1. The van der Waals surface area contributed by atoms with Gasteiger partial charge in [-0.3, -0.25) is 4.79 Å². The first-order valence-corrected chi connectivity index (χ1v) is 10.4. The number of benzene rings is 2. The molecule has 0 aliphatic carbocycles. The first-order valence-electron chi connectivity index (χ1n) is 8.17. The highest BCUT2D eigenvalue weighted by atomic mass is 79.9. The van der Waals surface area contributed by atoms with Crippen LogP contribution in [0.25, 0.3) is 0 Å². The van der Waals surface area contributed by atoms with Crippen molar-refractivity contribution in [3.05, 3.63) is 58.6 Å². The van der Waals surface area contributed by atoms with Crippen molar-refractivity contribution in [2.24, 2.45) is 0 Å². The van der Waals surface area contributed by atoms with Crippen LogP contribution in [0.15, 0.2) is 57.9 Å². The minimum Gasteiger partial charge on any atom is -0.379 e. The van der Waals surface area contributed by atoms with E-state index in [9.17, 15) is 13.2 Å². The topological polar surface area (TPSA) is 75.7 Å². The molecule has 6 nitrogen and oxygen atoms in total. The number of carbonyl (C=O) groups is 1. The summed E-state index contributed by atoms with van der Waals surface area (Å²) in [5.74, 6) is -0.108. The van der Waals surface area contributed by atoms with Gasteiger partial charge in [-0.05, 0) is 48.5 Å². The highest BCUT2D eigenvalue weighted by Crippen LogP contribution is 2.18. The molecule has 2 aromatic rings. The van der Waals surface area contributed by atoms with E-state index in [1.807, 2.05) is 24.3 Å². The number of halogens is 1. The third-order valence-electron chi connectivity index (χ3n) is 4.08. The molecule has 0 spiro atoms. The van der Waals surface area contributed by atoms with E-state index in [4.69, 9.17) is 4.74 Å². The Bertz CT molecular complexity index is 861. The van der Waals surface area contributed by atoms with Crippen molar-refractivity contribution < 1.29 is 17.9 Å². The Kier molecular flexibility index (Phi) is 6.08. The molecule has 8 heteroatoms. The first-order chi connectivity index (χ1) is 12.5. The quantitative estimate of drug-likeness (QED) is 0.701. The van der Waals surface area contributed by atoms with Crippen LogP contribution in [0.3, 0.4) is 0 Å². The first kappa shape index (κ1) is 19.0. The molecule has 1 N–H and O–H groups in total. The second kappa shape index (κ2) is 8.30. The van der Waals surface area contributed by atoms with Crippen molar-refractivity contribution in [3.8, 4) is 0 Å². The number of carbonyl (C=O) groups excluding carboxylic acids is 1. The van der Waals surface area contributed by atoms with E-state index in [0.717, 1.165) is 10.2 Å². The van der Waals surface area contributed by atoms with Gasteiger partial charge in [-0.2, -0.15) is 4.31 Å². The molecule has 0 saturated carbocycles. The van der Waals surface area contributed by atoms with E-state index >= 15 is 0 Å². The SMILES string of the molecule is O=C(CNc1ccc(Br)cc1)c1ccc(S(=O)(=O)N2CCOCC2)cc1. The fraction of sp³-hybridized carbons (Fsp3) is 0.278. The summed E-state index contributed by atoms with van der Waals surface area (Å²) in [7, 11) is -3.54. The average molecular weight is 439 g/mol. The Morgan fingerprint density at radius 1 is 1.04 bits per heavy atom. The Balaban J connectivity index is 1.64. The number of morpholine rings is 1. The van der Waals surface area contributed by atoms with Gasteiger partial charge in [0.2, 0.25) is 10.0 Å². The molecule has 1 fully saturated rings. The zero-order chi connectivity index (χ0) is 18.6. The minimum atomic E-state index is -3.54. The number of ketones is 1. The van der Waals surface area contributed by atoms with E-state index in [0.29, 0.717) is 31.9 Å². The number of nitrogens with one attached hydrogen (secondary N) is 1. The van der Waals surface area contributed by atoms with E-state index in [1.54, 1.807) is 12.1 Å². The molecular weight excluding hydrogens is 420 g/mol. The highest BCUT2D eigenvalue weighted by molar-refractivity contribution is 9.10. The molecule has 1 saturated heterocycles. The van der Waals surface area contributed by atoms with Gasteiger partial charge in [0.1, 0.15) is 0 Å². The summed E-state index contributed by atoms with van der Waals surface area (Å²) in [5, 5.41) is 3.06. The van der Waals surface area contributed by atoms with Crippen molar-refractivity contribution >= 4 is 37.4 Å². The highest BCUT2D eigenvalue weighted by Gasteiger charge is 2.26. The molecule has 0 unspecified atom stereocenters. The summed E-state index contributed by atoms with van der Waals surface area (Å²) in [4.78, 5) is 12.5. The van der Waals surface area contributed by atoms with Crippen LogP contribution in [0.4, 0.5) is 5.69 Å². The van der Waals surface area contributed by atoms with Gasteiger partial charge in [-0.15, -0.1) is 0 Å². The lowest BCUT2D eigenvalue weighted by molar-refractivity contribution is 0.0730. The molecule has 1 heterocycles. The fourth-order valence-corrected chi connectivity index (χ4v) is 4.27. The zero-order valence-electron chi connectivity index (χ0n) is 14.0. The molecule has 1 aliphatic rings. The molecule has 0 atom stereocenters. The van der Waals surface area contributed by atoms with Gasteiger partial charge in [0.15, 0.2) is 5.78 Å². The van der Waals surface area contributed by atoms with Crippen molar-refractivity contribution in [3.63, 3.8) is 0 Å². The van der Waals surface area contributed by atoms with Crippen molar-refractivity contribution in [2.45, 2.75) is 4.90 Å². The predicted octanol–water partition coefficient (Wildman–Crippen LogP) is 2.76. The molecule has 0 bridgehead atoms. The Morgan fingerprint density at radius 2 is 1.65 bits per heavy atom. The number of hydrogen-bond donors (Lipinski definition) is 1. The van der Waals surface area contributed by atoms with E-state index in [-0.39, 0.29) is 17.2 Å².